The Balaban J connectivity index is 0.000000771. The van der Waals surface area contributed by atoms with Crippen molar-refractivity contribution in [1.29, 1.82) is 0 Å². The zero-order valence-electron chi connectivity index (χ0n) is 12.0. The molecule has 0 bridgehead atoms. The van der Waals surface area contributed by atoms with Gasteiger partial charge >= 0.3 is 0 Å². The largest absolute Gasteiger partial charge is 0.396 e. The van der Waals surface area contributed by atoms with Crippen molar-refractivity contribution in [3.8, 4) is 0 Å². The SMILES string of the molecule is CC.Cc1ccc(CN2CCC(CO)CC2)cc1. The van der Waals surface area contributed by atoms with Crippen LogP contribution in [0.25, 0.3) is 0 Å². The number of benzene rings is 1. The van der Waals surface area contributed by atoms with Gasteiger partial charge in [0.25, 0.3) is 0 Å². The lowest BCUT2D eigenvalue weighted by Crippen LogP contribution is -2.34. The van der Waals surface area contributed by atoms with E-state index < -0.39 is 0 Å². The van der Waals surface area contributed by atoms with Gasteiger partial charge in [0.2, 0.25) is 0 Å². The lowest BCUT2D eigenvalue weighted by atomic mass is 9.97. The Morgan fingerprint density at radius 2 is 1.67 bits per heavy atom. The van der Waals surface area contributed by atoms with Gasteiger partial charge in [-0.1, -0.05) is 43.7 Å². The van der Waals surface area contributed by atoms with Gasteiger partial charge in [0.1, 0.15) is 0 Å². The Hall–Kier alpha value is -0.860. The molecule has 1 saturated heterocycles. The summed E-state index contributed by atoms with van der Waals surface area (Å²) in [5.74, 6) is 0.536. The predicted molar refractivity (Wildman–Crippen MR) is 77.6 cm³/mol. The van der Waals surface area contributed by atoms with Crippen molar-refractivity contribution in [1.82, 2.24) is 4.90 Å². The molecule has 102 valence electrons. The van der Waals surface area contributed by atoms with Gasteiger partial charge in [0.15, 0.2) is 0 Å². The zero-order valence-corrected chi connectivity index (χ0v) is 12.0. The number of aliphatic hydroxyl groups excluding tert-OH is 1. The van der Waals surface area contributed by atoms with E-state index in [2.05, 4.69) is 36.1 Å². The Bertz CT molecular complexity index is 312. The van der Waals surface area contributed by atoms with E-state index in [1.54, 1.807) is 0 Å². The maximum absolute atomic E-state index is 9.08. The van der Waals surface area contributed by atoms with E-state index >= 15 is 0 Å². The molecule has 2 heteroatoms. The smallest absolute Gasteiger partial charge is 0.0460 e. The maximum Gasteiger partial charge on any atom is 0.0460 e. The van der Waals surface area contributed by atoms with Gasteiger partial charge in [0.05, 0.1) is 0 Å². The summed E-state index contributed by atoms with van der Waals surface area (Å²) in [6.45, 7) is 9.78. The minimum Gasteiger partial charge on any atom is -0.396 e. The molecule has 1 aromatic rings. The van der Waals surface area contributed by atoms with Crippen LogP contribution in [-0.4, -0.2) is 29.7 Å². The molecule has 18 heavy (non-hydrogen) atoms. The second-order valence-corrected chi connectivity index (χ2v) is 4.89. The molecule has 1 aliphatic rings. The number of rotatable bonds is 3. The third kappa shape index (κ3) is 4.79. The van der Waals surface area contributed by atoms with Gasteiger partial charge in [-0.3, -0.25) is 4.90 Å². The molecule has 0 unspecified atom stereocenters. The van der Waals surface area contributed by atoms with E-state index in [4.69, 9.17) is 5.11 Å². The Morgan fingerprint density at radius 1 is 1.11 bits per heavy atom. The molecule has 1 fully saturated rings. The molecule has 0 amide bonds. The van der Waals surface area contributed by atoms with Crippen LogP contribution in [0.3, 0.4) is 0 Å². The number of aliphatic hydroxyl groups is 1. The minimum atomic E-state index is 0.359. The van der Waals surface area contributed by atoms with Crippen LogP contribution in [-0.2, 0) is 6.54 Å². The third-order valence-electron chi connectivity index (χ3n) is 3.49. The fourth-order valence-corrected chi connectivity index (χ4v) is 2.28. The predicted octanol–water partition coefficient (Wildman–Crippen LogP) is 3.23. The molecule has 0 aliphatic carbocycles. The first-order valence-corrected chi connectivity index (χ1v) is 7.16. The van der Waals surface area contributed by atoms with E-state index in [1.165, 1.54) is 11.1 Å². The molecule has 0 spiro atoms. The monoisotopic (exact) mass is 249 g/mol. The molecule has 0 saturated carbocycles. The van der Waals surface area contributed by atoms with Crippen LogP contribution < -0.4 is 0 Å². The van der Waals surface area contributed by atoms with Gasteiger partial charge in [-0.2, -0.15) is 0 Å². The van der Waals surface area contributed by atoms with Crippen LogP contribution in [0, 0.1) is 12.8 Å². The molecule has 1 aliphatic heterocycles. The van der Waals surface area contributed by atoms with Crippen molar-refractivity contribution in [2.75, 3.05) is 19.7 Å². The highest BCUT2D eigenvalue weighted by molar-refractivity contribution is 5.21. The first-order valence-electron chi connectivity index (χ1n) is 7.16. The molecular formula is C16H27NO. The average Bonchev–Trinajstić information content (AvgIpc) is 2.44. The fourth-order valence-electron chi connectivity index (χ4n) is 2.28. The van der Waals surface area contributed by atoms with Crippen LogP contribution in [0.5, 0.6) is 0 Å². The fraction of sp³-hybridized carbons (Fsp3) is 0.625. The molecule has 2 rings (SSSR count). The van der Waals surface area contributed by atoms with Gasteiger partial charge in [0, 0.05) is 13.2 Å². The van der Waals surface area contributed by atoms with Gasteiger partial charge in [-0.05, 0) is 44.3 Å². The maximum atomic E-state index is 9.08. The third-order valence-corrected chi connectivity index (χ3v) is 3.49. The van der Waals surface area contributed by atoms with Crippen LogP contribution in [0.1, 0.15) is 37.8 Å². The summed E-state index contributed by atoms with van der Waals surface area (Å²) in [6, 6.07) is 8.78. The second kappa shape index (κ2) is 8.28. The van der Waals surface area contributed by atoms with Crippen LogP contribution in [0.4, 0.5) is 0 Å². The number of hydrogen-bond donors (Lipinski definition) is 1. The summed E-state index contributed by atoms with van der Waals surface area (Å²) in [5, 5.41) is 9.08. The van der Waals surface area contributed by atoms with Crippen LogP contribution in [0.2, 0.25) is 0 Å². The van der Waals surface area contributed by atoms with Crippen molar-refractivity contribution in [3.05, 3.63) is 35.4 Å². The van der Waals surface area contributed by atoms with E-state index in [0.29, 0.717) is 12.5 Å². The Morgan fingerprint density at radius 3 is 2.17 bits per heavy atom. The summed E-state index contributed by atoms with van der Waals surface area (Å²) in [7, 11) is 0. The van der Waals surface area contributed by atoms with Crippen molar-refractivity contribution < 1.29 is 5.11 Å². The van der Waals surface area contributed by atoms with Crippen molar-refractivity contribution in [3.63, 3.8) is 0 Å². The van der Waals surface area contributed by atoms with E-state index in [-0.39, 0.29) is 0 Å². The first kappa shape index (κ1) is 15.2. The van der Waals surface area contributed by atoms with E-state index in [1.807, 2.05) is 13.8 Å². The van der Waals surface area contributed by atoms with Crippen LogP contribution >= 0.6 is 0 Å². The second-order valence-electron chi connectivity index (χ2n) is 4.89. The summed E-state index contributed by atoms with van der Waals surface area (Å²) in [6.07, 6.45) is 2.28. The molecule has 2 nitrogen and oxygen atoms in total. The number of aryl methyl sites for hydroxylation is 1. The van der Waals surface area contributed by atoms with Gasteiger partial charge in [-0.25, -0.2) is 0 Å². The van der Waals surface area contributed by atoms with Gasteiger partial charge < -0.3 is 5.11 Å². The summed E-state index contributed by atoms with van der Waals surface area (Å²) in [4.78, 5) is 2.48. The minimum absolute atomic E-state index is 0.359. The lowest BCUT2D eigenvalue weighted by Gasteiger charge is -2.31. The zero-order chi connectivity index (χ0) is 13.4. The number of piperidine rings is 1. The molecule has 1 heterocycles. The van der Waals surface area contributed by atoms with Crippen molar-refractivity contribution in [2.24, 2.45) is 5.92 Å². The summed E-state index contributed by atoms with van der Waals surface area (Å²) < 4.78 is 0. The number of nitrogens with zero attached hydrogens (tertiary/aromatic N) is 1. The quantitative estimate of drug-likeness (QED) is 0.889. The van der Waals surface area contributed by atoms with Gasteiger partial charge in [-0.15, -0.1) is 0 Å². The average molecular weight is 249 g/mol. The molecule has 1 aromatic carbocycles. The summed E-state index contributed by atoms with van der Waals surface area (Å²) in [5.41, 5.74) is 2.72. The normalized spacial score (nSPS) is 17.1. The van der Waals surface area contributed by atoms with Crippen molar-refractivity contribution in [2.45, 2.75) is 40.2 Å². The Labute approximate surface area is 112 Å². The standard InChI is InChI=1S/C14H21NO.C2H6/c1-12-2-4-13(5-3-12)10-15-8-6-14(11-16)7-9-15;1-2/h2-5,14,16H,6-11H2,1H3;1-2H3. The number of likely N-dealkylation sites (tertiary alicyclic amines) is 1. The Kier molecular flexibility index (Phi) is 6.99. The molecule has 0 radical (unpaired) electrons. The van der Waals surface area contributed by atoms with Crippen LogP contribution in [0.15, 0.2) is 24.3 Å². The van der Waals surface area contributed by atoms with E-state index in [0.717, 1.165) is 32.5 Å². The topological polar surface area (TPSA) is 23.5 Å². The summed E-state index contributed by atoms with van der Waals surface area (Å²) >= 11 is 0. The number of hydrogen-bond acceptors (Lipinski definition) is 2. The van der Waals surface area contributed by atoms with E-state index in [9.17, 15) is 0 Å². The molecule has 1 N–H and O–H groups in total. The highest BCUT2D eigenvalue weighted by Crippen LogP contribution is 2.18. The molecule has 0 aromatic heterocycles. The first-order chi connectivity index (χ1) is 8.78. The molecular weight excluding hydrogens is 222 g/mol. The molecule has 0 atom stereocenters. The highest BCUT2D eigenvalue weighted by atomic mass is 16.3. The highest BCUT2D eigenvalue weighted by Gasteiger charge is 2.18. The van der Waals surface area contributed by atoms with Crippen molar-refractivity contribution >= 4 is 0 Å². The lowest BCUT2D eigenvalue weighted by molar-refractivity contribution is 0.127.